The Kier molecular flexibility index (Phi) is 5.94. The number of likely N-dealkylation sites (N-methyl/N-ethyl adjacent to an activating group) is 1. The maximum Gasteiger partial charge on any atom is 0.0268 e. The maximum atomic E-state index is 3.93. The van der Waals surface area contributed by atoms with Crippen LogP contribution in [-0.2, 0) is 0 Å². The Morgan fingerprint density at radius 1 is 1.36 bits per heavy atom. The highest BCUT2D eigenvalue weighted by molar-refractivity contribution is 4.91. The van der Waals surface area contributed by atoms with E-state index in [2.05, 4.69) is 31.1 Å². The van der Waals surface area contributed by atoms with E-state index >= 15 is 0 Å². The molecule has 0 heterocycles. The Hall–Kier alpha value is -0.500. The van der Waals surface area contributed by atoms with E-state index in [-0.39, 0.29) is 0 Å². The summed E-state index contributed by atoms with van der Waals surface area (Å²) in [4.78, 5) is 0. The Balaban J connectivity index is 3.23. The molecule has 0 rings (SSSR count). The lowest BCUT2D eigenvalue weighted by molar-refractivity contribution is 0.597. The van der Waals surface area contributed by atoms with Crippen LogP contribution in [-0.4, -0.2) is 20.1 Å². The van der Waals surface area contributed by atoms with Crippen LogP contribution in [0.15, 0.2) is 12.3 Å². The standard InChI is InChI=1S/C9H20N2/c1-8(2)7-9(3)11-6-5-10-4/h8,10-11H,3,5-7H2,1-2,4H3. The van der Waals surface area contributed by atoms with Gasteiger partial charge in [-0.05, 0) is 19.4 Å². The molecular formula is C9H20N2. The molecule has 0 amide bonds. The molecule has 0 saturated carbocycles. The molecule has 0 aromatic carbocycles. The minimum atomic E-state index is 0.699. The molecule has 0 fully saturated rings. The number of rotatable bonds is 6. The molecule has 11 heavy (non-hydrogen) atoms. The van der Waals surface area contributed by atoms with Gasteiger partial charge in [-0.2, -0.15) is 0 Å². The third kappa shape index (κ3) is 7.40. The number of nitrogens with one attached hydrogen (secondary N) is 2. The molecule has 0 atom stereocenters. The van der Waals surface area contributed by atoms with E-state index in [0.717, 1.165) is 25.2 Å². The van der Waals surface area contributed by atoms with Crippen molar-refractivity contribution in [3.05, 3.63) is 12.3 Å². The molecule has 0 bridgehead atoms. The first-order valence-corrected chi connectivity index (χ1v) is 4.23. The highest BCUT2D eigenvalue weighted by Gasteiger charge is 1.96. The number of hydrogen-bond donors (Lipinski definition) is 2. The highest BCUT2D eigenvalue weighted by Crippen LogP contribution is 2.04. The van der Waals surface area contributed by atoms with Crippen molar-refractivity contribution in [3.8, 4) is 0 Å². The predicted octanol–water partition coefficient (Wildman–Crippen LogP) is 1.36. The van der Waals surface area contributed by atoms with Gasteiger partial charge in [-0.25, -0.2) is 0 Å². The second kappa shape index (κ2) is 6.23. The fourth-order valence-electron chi connectivity index (χ4n) is 0.929. The average molecular weight is 156 g/mol. The summed E-state index contributed by atoms with van der Waals surface area (Å²) in [5.74, 6) is 0.699. The second-order valence-electron chi connectivity index (χ2n) is 3.23. The summed E-state index contributed by atoms with van der Waals surface area (Å²) in [6.07, 6.45) is 1.07. The van der Waals surface area contributed by atoms with Crippen molar-refractivity contribution in [2.45, 2.75) is 20.3 Å². The summed E-state index contributed by atoms with van der Waals surface area (Å²) in [6.45, 7) is 10.3. The molecule has 0 aromatic rings. The predicted molar refractivity (Wildman–Crippen MR) is 50.5 cm³/mol. The third-order valence-electron chi connectivity index (χ3n) is 1.40. The van der Waals surface area contributed by atoms with Gasteiger partial charge in [0.2, 0.25) is 0 Å². The van der Waals surface area contributed by atoms with Crippen molar-refractivity contribution in [2.24, 2.45) is 5.92 Å². The van der Waals surface area contributed by atoms with Crippen LogP contribution in [0, 0.1) is 5.92 Å². The van der Waals surface area contributed by atoms with Crippen LogP contribution in [0.25, 0.3) is 0 Å². The molecule has 0 aliphatic carbocycles. The number of hydrogen-bond acceptors (Lipinski definition) is 2. The smallest absolute Gasteiger partial charge is 0.0268 e. The van der Waals surface area contributed by atoms with Crippen LogP contribution < -0.4 is 10.6 Å². The van der Waals surface area contributed by atoms with E-state index in [1.165, 1.54) is 0 Å². The average Bonchev–Trinajstić information content (AvgIpc) is 1.86. The SMILES string of the molecule is C=C(CC(C)C)NCCNC. The van der Waals surface area contributed by atoms with E-state index in [4.69, 9.17) is 0 Å². The van der Waals surface area contributed by atoms with Gasteiger partial charge >= 0.3 is 0 Å². The fraction of sp³-hybridized carbons (Fsp3) is 0.778. The fourth-order valence-corrected chi connectivity index (χ4v) is 0.929. The molecule has 0 spiro atoms. The summed E-state index contributed by atoms with van der Waals surface area (Å²) < 4.78 is 0. The first kappa shape index (κ1) is 10.5. The van der Waals surface area contributed by atoms with Gasteiger partial charge in [0, 0.05) is 18.8 Å². The lowest BCUT2D eigenvalue weighted by atomic mass is 10.1. The van der Waals surface area contributed by atoms with E-state index in [0.29, 0.717) is 5.92 Å². The van der Waals surface area contributed by atoms with Crippen LogP contribution in [0.5, 0.6) is 0 Å². The first-order valence-electron chi connectivity index (χ1n) is 4.23. The van der Waals surface area contributed by atoms with Gasteiger partial charge in [0.05, 0.1) is 0 Å². The molecular weight excluding hydrogens is 136 g/mol. The third-order valence-corrected chi connectivity index (χ3v) is 1.40. The van der Waals surface area contributed by atoms with E-state index in [1.807, 2.05) is 7.05 Å². The molecule has 2 heteroatoms. The minimum absolute atomic E-state index is 0.699. The maximum absolute atomic E-state index is 3.93. The molecule has 0 saturated heterocycles. The van der Waals surface area contributed by atoms with Gasteiger partial charge in [0.15, 0.2) is 0 Å². The first-order chi connectivity index (χ1) is 5.16. The number of allylic oxidation sites excluding steroid dienone is 1. The van der Waals surface area contributed by atoms with E-state index in [1.54, 1.807) is 0 Å². The van der Waals surface area contributed by atoms with E-state index < -0.39 is 0 Å². The molecule has 0 radical (unpaired) electrons. The lowest BCUT2D eigenvalue weighted by Crippen LogP contribution is -2.24. The molecule has 0 unspecified atom stereocenters. The largest absolute Gasteiger partial charge is 0.388 e. The zero-order valence-corrected chi connectivity index (χ0v) is 7.91. The second-order valence-corrected chi connectivity index (χ2v) is 3.23. The minimum Gasteiger partial charge on any atom is -0.388 e. The van der Waals surface area contributed by atoms with Gasteiger partial charge in [0.25, 0.3) is 0 Å². The molecule has 0 aliphatic heterocycles. The molecule has 2 N–H and O–H groups in total. The van der Waals surface area contributed by atoms with Crippen LogP contribution in [0.3, 0.4) is 0 Å². The molecule has 66 valence electrons. The quantitative estimate of drug-likeness (QED) is 0.567. The Bertz CT molecular complexity index is 108. The Morgan fingerprint density at radius 3 is 2.45 bits per heavy atom. The summed E-state index contributed by atoms with van der Waals surface area (Å²) in [5.41, 5.74) is 1.15. The van der Waals surface area contributed by atoms with Crippen LogP contribution in [0.4, 0.5) is 0 Å². The van der Waals surface area contributed by atoms with Gasteiger partial charge in [-0.3, -0.25) is 0 Å². The van der Waals surface area contributed by atoms with Crippen molar-refractivity contribution >= 4 is 0 Å². The van der Waals surface area contributed by atoms with E-state index in [9.17, 15) is 0 Å². The van der Waals surface area contributed by atoms with Crippen molar-refractivity contribution < 1.29 is 0 Å². The normalized spacial score (nSPS) is 10.2. The summed E-state index contributed by atoms with van der Waals surface area (Å²) >= 11 is 0. The highest BCUT2D eigenvalue weighted by atomic mass is 14.9. The summed E-state index contributed by atoms with van der Waals surface area (Å²) in [5, 5.41) is 6.33. The van der Waals surface area contributed by atoms with Gasteiger partial charge in [0.1, 0.15) is 0 Å². The van der Waals surface area contributed by atoms with Gasteiger partial charge < -0.3 is 10.6 Å². The Morgan fingerprint density at radius 2 is 2.00 bits per heavy atom. The van der Waals surface area contributed by atoms with Gasteiger partial charge in [-0.15, -0.1) is 0 Å². The molecule has 0 aromatic heterocycles. The van der Waals surface area contributed by atoms with Crippen molar-refractivity contribution in [3.63, 3.8) is 0 Å². The summed E-state index contributed by atoms with van der Waals surface area (Å²) in [6, 6.07) is 0. The van der Waals surface area contributed by atoms with Crippen molar-refractivity contribution in [2.75, 3.05) is 20.1 Å². The monoisotopic (exact) mass is 156 g/mol. The van der Waals surface area contributed by atoms with Crippen LogP contribution >= 0.6 is 0 Å². The van der Waals surface area contributed by atoms with Crippen LogP contribution in [0.1, 0.15) is 20.3 Å². The van der Waals surface area contributed by atoms with Crippen molar-refractivity contribution in [1.29, 1.82) is 0 Å². The summed E-state index contributed by atoms with van der Waals surface area (Å²) in [7, 11) is 1.95. The van der Waals surface area contributed by atoms with Crippen LogP contribution in [0.2, 0.25) is 0 Å². The molecule has 0 aliphatic rings. The topological polar surface area (TPSA) is 24.1 Å². The van der Waals surface area contributed by atoms with Gasteiger partial charge in [-0.1, -0.05) is 20.4 Å². The van der Waals surface area contributed by atoms with Crippen molar-refractivity contribution in [1.82, 2.24) is 10.6 Å². The zero-order chi connectivity index (χ0) is 8.69. The Labute approximate surface area is 70.1 Å². The zero-order valence-electron chi connectivity index (χ0n) is 7.91. The lowest BCUT2D eigenvalue weighted by Gasteiger charge is -2.10. The molecule has 2 nitrogen and oxygen atoms in total.